The molecule has 0 fully saturated rings. The molecule has 0 aliphatic rings. The van der Waals surface area contributed by atoms with E-state index in [1.807, 2.05) is 12.1 Å². The van der Waals surface area contributed by atoms with Gasteiger partial charge < -0.3 is 4.74 Å². The number of ether oxygens (including phenoxy) is 1. The highest BCUT2D eigenvalue weighted by molar-refractivity contribution is 6.30. The Morgan fingerprint density at radius 2 is 1.39 bits per heavy atom. The summed E-state index contributed by atoms with van der Waals surface area (Å²) in [5.74, 6) is 2.30. The van der Waals surface area contributed by atoms with Crippen molar-refractivity contribution in [2.24, 2.45) is 0 Å². The molecule has 3 aromatic carbocycles. The van der Waals surface area contributed by atoms with Crippen LogP contribution in [0, 0.1) is 6.92 Å². The fraction of sp³-hybridized carbons (Fsp3) is 0.379. The monoisotopic (exact) mass is 434 g/mol. The summed E-state index contributed by atoms with van der Waals surface area (Å²) in [6, 6.07) is 21.9. The molecule has 0 aliphatic carbocycles. The molecule has 3 aromatic rings. The summed E-state index contributed by atoms with van der Waals surface area (Å²) in [5, 5.41) is 0.807. The van der Waals surface area contributed by atoms with E-state index < -0.39 is 0 Å². The number of methoxy groups -OCH3 is 1. The maximum absolute atomic E-state index is 6.20. The first-order valence-corrected chi connectivity index (χ1v) is 11.7. The summed E-state index contributed by atoms with van der Waals surface area (Å²) < 4.78 is 5.56. The molecule has 0 aliphatic heterocycles. The Hall–Kier alpha value is -2.25. The van der Waals surface area contributed by atoms with Crippen LogP contribution >= 0.6 is 11.6 Å². The van der Waals surface area contributed by atoms with Gasteiger partial charge >= 0.3 is 0 Å². The van der Waals surface area contributed by atoms with Gasteiger partial charge in [0.15, 0.2) is 0 Å². The lowest BCUT2D eigenvalue weighted by molar-refractivity contribution is 0.413. The van der Waals surface area contributed by atoms with Crippen molar-refractivity contribution in [3.63, 3.8) is 0 Å². The molecule has 0 spiro atoms. The highest BCUT2D eigenvalue weighted by Crippen LogP contribution is 2.30. The van der Waals surface area contributed by atoms with Gasteiger partial charge in [-0.2, -0.15) is 0 Å². The summed E-state index contributed by atoms with van der Waals surface area (Å²) in [6.45, 7) is 11.3. The van der Waals surface area contributed by atoms with Crippen molar-refractivity contribution in [2.75, 3.05) is 7.11 Å². The van der Waals surface area contributed by atoms with E-state index in [-0.39, 0.29) is 0 Å². The lowest BCUT2D eigenvalue weighted by Crippen LogP contribution is -2.04. The van der Waals surface area contributed by atoms with Gasteiger partial charge in [0.25, 0.3) is 0 Å². The van der Waals surface area contributed by atoms with E-state index in [1.54, 1.807) is 7.11 Å². The summed E-state index contributed by atoms with van der Waals surface area (Å²) >= 11 is 6.20. The van der Waals surface area contributed by atoms with Crippen LogP contribution in [0.2, 0.25) is 5.02 Å². The highest BCUT2D eigenvalue weighted by atomic mass is 35.5. The van der Waals surface area contributed by atoms with Crippen LogP contribution in [0.5, 0.6) is 5.75 Å². The summed E-state index contributed by atoms with van der Waals surface area (Å²) in [7, 11) is 1.75. The van der Waals surface area contributed by atoms with Gasteiger partial charge in [-0.25, -0.2) is 0 Å². The lowest BCUT2D eigenvalue weighted by atomic mass is 9.87. The van der Waals surface area contributed by atoms with Crippen LogP contribution in [0.25, 0.3) is 0 Å². The number of halogens is 1. The Bertz CT molecular complexity index is 1020. The minimum absolute atomic E-state index is 0.427. The number of hydrogen-bond donors (Lipinski definition) is 0. The van der Waals surface area contributed by atoms with Gasteiger partial charge in [-0.15, -0.1) is 0 Å². The van der Waals surface area contributed by atoms with Crippen LogP contribution in [0.3, 0.4) is 0 Å². The maximum atomic E-state index is 6.20. The zero-order valence-corrected chi connectivity index (χ0v) is 20.5. The average Bonchev–Trinajstić information content (AvgIpc) is 2.72. The van der Waals surface area contributed by atoms with E-state index in [9.17, 15) is 0 Å². The fourth-order valence-electron chi connectivity index (χ4n) is 4.31. The molecule has 0 radical (unpaired) electrons. The molecular formula is C29H35ClO. The molecule has 164 valence electrons. The predicted molar refractivity (Wildman–Crippen MR) is 134 cm³/mol. The molecule has 0 amide bonds. The first-order valence-electron chi connectivity index (χ1n) is 11.3. The number of aryl methyl sites for hydroxylation is 1. The van der Waals surface area contributed by atoms with E-state index in [0.717, 1.165) is 23.6 Å². The van der Waals surface area contributed by atoms with Crippen molar-refractivity contribution in [3.8, 4) is 5.75 Å². The van der Waals surface area contributed by atoms with E-state index in [1.165, 1.54) is 33.4 Å². The smallest absolute Gasteiger partial charge is 0.119 e. The SMILES string of the molecule is COc1cc(CC(C)c2cc(C)cc(CC(C)c3cccc(Cl)c3)c2)cc(C(C)C)c1. The fourth-order valence-corrected chi connectivity index (χ4v) is 4.51. The van der Waals surface area contributed by atoms with E-state index in [2.05, 4.69) is 83.1 Å². The molecule has 0 saturated heterocycles. The summed E-state index contributed by atoms with van der Waals surface area (Å²) in [6.07, 6.45) is 2.02. The third-order valence-corrected chi connectivity index (χ3v) is 6.36. The number of rotatable bonds is 8. The Morgan fingerprint density at radius 1 is 0.742 bits per heavy atom. The van der Waals surface area contributed by atoms with Crippen molar-refractivity contribution >= 4 is 11.6 Å². The van der Waals surface area contributed by atoms with Crippen LogP contribution in [0.1, 0.15) is 78.8 Å². The van der Waals surface area contributed by atoms with Crippen LogP contribution in [-0.2, 0) is 12.8 Å². The Labute approximate surface area is 193 Å². The van der Waals surface area contributed by atoms with E-state index in [0.29, 0.717) is 17.8 Å². The van der Waals surface area contributed by atoms with Gasteiger partial charge in [0.05, 0.1) is 7.11 Å². The third-order valence-electron chi connectivity index (χ3n) is 6.12. The molecule has 2 unspecified atom stereocenters. The summed E-state index contributed by atoms with van der Waals surface area (Å²) in [4.78, 5) is 0. The van der Waals surface area contributed by atoms with E-state index in [4.69, 9.17) is 16.3 Å². The quantitative estimate of drug-likeness (QED) is 0.345. The second-order valence-electron chi connectivity index (χ2n) is 9.29. The zero-order valence-electron chi connectivity index (χ0n) is 19.7. The molecule has 31 heavy (non-hydrogen) atoms. The zero-order chi connectivity index (χ0) is 22.5. The minimum Gasteiger partial charge on any atom is -0.497 e. The lowest BCUT2D eigenvalue weighted by Gasteiger charge is -2.18. The van der Waals surface area contributed by atoms with Crippen molar-refractivity contribution in [1.29, 1.82) is 0 Å². The summed E-state index contributed by atoms with van der Waals surface area (Å²) in [5.41, 5.74) is 8.09. The Kier molecular flexibility index (Phi) is 7.84. The molecule has 1 nitrogen and oxygen atoms in total. The molecule has 3 rings (SSSR count). The average molecular weight is 435 g/mol. The Balaban J connectivity index is 1.80. The topological polar surface area (TPSA) is 9.23 Å². The van der Waals surface area contributed by atoms with Crippen molar-refractivity contribution in [1.82, 2.24) is 0 Å². The van der Waals surface area contributed by atoms with Crippen molar-refractivity contribution in [2.45, 2.75) is 65.2 Å². The molecule has 2 heteroatoms. The Morgan fingerprint density at radius 3 is 2.03 bits per heavy atom. The van der Waals surface area contributed by atoms with Gasteiger partial charge in [-0.05, 0) is 89.6 Å². The third kappa shape index (κ3) is 6.37. The van der Waals surface area contributed by atoms with E-state index >= 15 is 0 Å². The first-order chi connectivity index (χ1) is 14.7. The van der Waals surface area contributed by atoms with Gasteiger partial charge in [0.1, 0.15) is 5.75 Å². The second kappa shape index (κ2) is 10.4. The predicted octanol–water partition coefficient (Wildman–Crippen LogP) is 8.47. The van der Waals surface area contributed by atoms with Gasteiger partial charge in [0.2, 0.25) is 0 Å². The minimum atomic E-state index is 0.427. The normalized spacial score (nSPS) is 13.3. The number of hydrogen-bond acceptors (Lipinski definition) is 1. The molecule has 2 atom stereocenters. The standard InChI is InChI=1S/C29H35ClO/c1-19(2)26-14-24(16-29(18-26)31-6)13-22(5)27-11-20(3)10-23(15-27)12-21(4)25-8-7-9-28(30)17-25/h7-11,14-19,21-22H,12-13H2,1-6H3. The second-order valence-corrected chi connectivity index (χ2v) is 9.72. The van der Waals surface area contributed by atoms with Gasteiger partial charge in [-0.3, -0.25) is 0 Å². The highest BCUT2D eigenvalue weighted by Gasteiger charge is 2.13. The first kappa shape index (κ1) is 23.4. The molecule has 0 bridgehead atoms. The van der Waals surface area contributed by atoms with Crippen molar-refractivity contribution < 1.29 is 4.74 Å². The van der Waals surface area contributed by atoms with Crippen LogP contribution < -0.4 is 4.74 Å². The van der Waals surface area contributed by atoms with Crippen LogP contribution in [0.15, 0.2) is 60.7 Å². The maximum Gasteiger partial charge on any atom is 0.119 e. The number of benzene rings is 3. The molecule has 0 saturated carbocycles. The molecular weight excluding hydrogens is 400 g/mol. The largest absolute Gasteiger partial charge is 0.497 e. The molecule has 0 heterocycles. The molecule has 0 aromatic heterocycles. The van der Waals surface area contributed by atoms with Crippen LogP contribution in [0.4, 0.5) is 0 Å². The molecule has 0 N–H and O–H groups in total. The van der Waals surface area contributed by atoms with Gasteiger partial charge in [-0.1, -0.05) is 81.3 Å². The van der Waals surface area contributed by atoms with Crippen molar-refractivity contribution in [3.05, 3.63) is 99.1 Å². The van der Waals surface area contributed by atoms with Gasteiger partial charge in [0, 0.05) is 5.02 Å². The van der Waals surface area contributed by atoms with Crippen LogP contribution in [-0.4, -0.2) is 7.11 Å².